The van der Waals surface area contributed by atoms with Crippen molar-refractivity contribution < 1.29 is 4.79 Å². The minimum atomic E-state index is 0.107. The van der Waals surface area contributed by atoms with Crippen molar-refractivity contribution in [3.8, 4) is 0 Å². The molecule has 1 aromatic heterocycles. The molecule has 5 rings (SSSR count). The molecule has 2 heterocycles. The SMILES string of the molecule is O=C(c1cccc2ccccc12)N1CCN(c2nc3ccccc3[nH]2)CC1. The number of hydrogen-bond donors (Lipinski definition) is 1. The summed E-state index contributed by atoms with van der Waals surface area (Å²) in [6.07, 6.45) is 0. The number of rotatable bonds is 2. The Morgan fingerprint density at radius 1 is 0.852 bits per heavy atom. The van der Waals surface area contributed by atoms with Crippen LogP contribution in [0, 0.1) is 0 Å². The Hall–Kier alpha value is -3.34. The molecule has 5 heteroatoms. The number of aromatic nitrogens is 2. The molecule has 134 valence electrons. The lowest BCUT2D eigenvalue weighted by Gasteiger charge is -2.34. The van der Waals surface area contributed by atoms with Gasteiger partial charge in [0.25, 0.3) is 5.91 Å². The van der Waals surface area contributed by atoms with Crippen LogP contribution >= 0.6 is 0 Å². The Labute approximate surface area is 157 Å². The van der Waals surface area contributed by atoms with Gasteiger partial charge in [-0.1, -0.05) is 48.5 Å². The van der Waals surface area contributed by atoms with Crippen molar-refractivity contribution >= 4 is 33.7 Å². The van der Waals surface area contributed by atoms with E-state index in [4.69, 9.17) is 0 Å². The number of benzene rings is 3. The number of nitrogens with one attached hydrogen (secondary N) is 1. The van der Waals surface area contributed by atoms with Gasteiger partial charge in [-0.3, -0.25) is 4.79 Å². The van der Waals surface area contributed by atoms with Crippen LogP contribution in [0.5, 0.6) is 0 Å². The predicted octanol–water partition coefficient (Wildman–Crippen LogP) is 3.68. The maximum absolute atomic E-state index is 13.1. The van der Waals surface area contributed by atoms with Crippen LogP contribution < -0.4 is 4.90 Å². The zero-order chi connectivity index (χ0) is 18.2. The number of para-hydroxylation sites is 2. The number of fused-ring (bicyclic) bond motifs is 2. The summed E-state index contributed by atoms with van der Waals surface area (Å²) in [4.78, 5) is 25.3. The van der Waals surface area contributed by atoms with E-state index in [2.05, 4.69) is 14.9 Å². The normalized spacial score (nSPS) is 14.8. The molecule has 0 radical (unpaired) electrons. The fraction of sp³-hybridized carbons (Fsp3) is 0.182. The Balaban J connectivity index is 1.34. The van der Waals surface area contributed by atoms with E-state index in [1.807, 2.05) is 71.6 Å². The van der Waals surface area contributed by atoms with Crippen molar-refractivity contribution in [1.29, 1.82) is 0 Å². The first-order valence-electron chi connectivity index (χ1n) is 9.26. The lowest BCUT2D eigenvalue weighted by molar-refractivity contribution is 0.0748. The van der Waals surface area contributed by atoms with Crippen LogP contribution in [0.4, 0.5) is 5.95 Å². The molecule has 4 aromatic rings. The van der Waals surface area contributed by atoms with Gasteiger partial charge < -0.3 is 14.8 Å². The summed E-state index contributed by atoms with van der Waals surface area (Å²) in [5.74, 6) is 0.990. The standard InChI is InChI=1S/C22H20N4O/c27-21(18-9-5-7-16-6-1-2-8-17(16)18)25-12-14-26(15-13-25)22-23-19-10-3-4-11-20(19)24-22/h1-11H,12-15H2,(H,23,24). The minimum Gasteiger partial charge on any atom is -0.339 e. The summed E-state index contributed by atoms with van der Waals surface area (Å²) < 4.78 is 0. The summed E-state index contributed by atoms with van der Waals surface area (Å²) in [6, 6.07) is 22.0. The maximum atomic E-state index is 13.1. The quantitative estimate of drug-likeness (QED) is 0.596. The molecule has 1 fully saturated rings. The number of H-pyrrole nitrogens is 1. The van der Waals surface area contributed by atoms with Crippen molar-refractivity contribution in [3.63, 3.8) is 0 Å². The third-order valence-electron chi connectivity index (χ3n) is 5.26. The fourth-order valence-electron chi connectivity index (χ4n) is 3.79. The largest absolute Gasteiger partial charge is 0.339 e. The number of anilines is 1. The number of piperazine rings is 1. The number of carbonyl (C=O) groups is 1. The average molecular weight is 356 g/mol. The van der Waals surface area contributed by atoms with Crippen LogP contribution in [-0.2, 0) is 0 Å². The first-order valence-corrected chi connectivity index (χ1v) is 9.26. The van der Waals surface area contributed by atoms with Crippen molar-refractivity contribution in [1.82, 2.24) is 14.9 Å². The van der Waals surface area contributed by atoms with Gasteiger partial charge in [-0.15, -0.1) is 0 Å². The van der Waals surface area contributed by atoms with Gasteiger partial charge in [-0.2, -0.15) is 0 Å². The second kappa shape index (κ2) is 6.43. The van der Waals surface area contributed by atoms with E-state index >= 15 is 0 Å². The Morgan fingerprint density at radius 3 is 2.44 bits per heavy atom. The fourth-order valence-corrected chi connectivity index (χ4v) is 3.79. The van der Waals surface area contributed by atoms with Gasteiger partial charge in [0.05, 0.1) is 11.0 Å². The highest BCUT2D eigenvalue weighted by Crippen LogP contribution is 2.22. The Bertz CT molecular complexity index is 1090. The van der Waals surface area contributed by atoms with Gasteiger partial charge in [0.2, 0.25) is 5.95 Å². The summed E-state index contributed by atoms with van der Waals surface area (Å²) in [5, 5.41) is 2.12. The zero-order valence-corrected chi connectivity index (χ0v) is 14.9. The molecule has 0 spiro atoms. The Kier molecular flexibility index (Phi) is 3.78. The third kappa shape index (κ3) is 2.81. The topological polar surface area (TPSA) is 52.2 Å². The highest BCUT2D eigenvalue weighted by atomic mass is 16.2. The molecule has 0 saturated carbocycles. The molecule has 1 aliphatic rings. The highest BCUT2D eigenvalue weighted by molar-refractivity contribution is 6.07. The lowest BCUT2D eigenvalue weighted by atomic mass is 10.0. The smallest absolute Gasteiger partial charge is 0.254 e. The molecular formula is C22H20N4O. The van der Waals surface area contributed by atoms with Crippen LogP contribution in [0.1, 0.15) is 10.4 Å². The molecule has 1 N–H and O–H groups in total. The van der Waals surface area contributed by atoms with E-state index in [1.54, 1.807) is 0 Å². The third-order valence-corrected chi connectivity index (χ3v) is 5.26. The summed E-state index contributed by atoms with van der Waals surface area (Å²) in [6.45, 7) is 2.94. The molecule has 3 aromatic carbocycles. The van der Waals surface area contributed by atoms with Gasteiger partial charge >= 0.3 is 0 Å². The lowest BCUT2D eigenvalue weighted by Crippen LogP contribution is -2.49. The number of carbonyl (C=O) groups excluding carboxylic acids is 1. The average Bonchev–Trinajstić information content (AvgIpc) is 3.17. The van der Waals surface area contributed by atoms with Crippen LogP contribution in [0.3, 0.4) is 0 Å². The molecule has 5 nitrogen and oxygen atoms in total. The molecule has 0 bridgehead atoms. The molecular weight excluding hydrogens is 336 g/mol. The zero-order valence-electron chi connectivity index (χ0n) is 14.9. The molecule has 1 amide bonds. The number of nitrogens with zero attached hydrogens (tertiary/aromatic N) is 3. The number of aromatic amines is 1. The van der Waals surface area contributed by atoms with E-state index < -0.39 is 0 Å². The number of imidazole rings is 1. The van der Waals surface area contributed by atoms with E-state index in [0.717, 1.165) is 46.4 Å². The number of amides is 1. The summed E-state index contributed by atoms with van der Waals surface area (Å²) in [7, 11) is 0. The van der Waals surface area contributed by atoms with Gasteiger partial charge in [0, 0.05) is 31.7 Å². The van der Waals surface area contributed by atoms with Crippen molar-refractivity contribution in [2.24, 2.45) is 0 Å². The van der Waals surface area contributed by atoms with Crippen LogP contribution in [0.2, 0.25) is 0 Å². The van der Waals surface area contributed by atoms with Gasteiger partial charge in [0.1, 0.15) is 0 Å². The molecule has 0 atom stereocenters. The molecule has 1 aliphatic heterocycles. The monoisotopic (exact) mass is 356 g/mol. The van der Waals surface area contributed by atoms with Crippen molar-refractivity contribution in [2.45, 2.75) is 0 Å². The van der Waals surface area contributed by atoms with Crippen LogP contribution in [0.25, 0.3) is 21.8 Å². The molecule has 0 aliphatic carbocycles. The van der Waals surface area contributed by atoms with Crippen molar-refractivity contribution in [3.05, 3.63) is 72.3 Å². The van der Waals surface area contributed by atoms with Crippen LogP contribution in [-0.4, -0.2) is 47.0 Å². The minimum absolute atomic E-state index is 0.107. The highest BCUT2D eigenvalue weighted by Gasteiger charge is 2.24. The first-order chi connectivity index (χ1) is 13.3. The molecule has 27 heavy (non-hydrogen) atoms. The van der Waals surface area contributed by atoms with E-state index in [1.165, 1.54) is 0 Å². The second-order valence-electron chi connectivity index (χ2n) is 6.88. The van der Waals surface area contributed by atoms with E-state index in [-0.39, 0.29) is 5.91 Å². The molecule has 0 unspecified atom stereocenters. The van der Waals surface area contributed by atoms with Gasteiger partial charge in [-0.05, 0) is 29.0 Å². The Morgan fingerprint density at radius 2 is 1.59 bits per heavy atom. The number of hydrogen-bond acceptors (Lipinski definition) is 3. The van der Waals surface area contributed by atoms with Gasteiger partial charge in [-0.25, -0.2) is 4.98 Å². The second-order valence-corrected chi connectivity index (χ2v) is 6.88. The first kappa shape index (κ1) is 15.9. The van der Waals surface area contributed by atoms with Gasteiger partial charge in [0.15, 0.2) is 0 Å². The summed E-state index contributed by atoms with van der Waals surface area (Å²) >= 11 is 0. The van der Waals surface area contributed by atoms with Crippen LogP contribution in [0.15, 0.2) is 66.7 Å². The molecule has 1 saturated heterocycles. The van der Waals surface area contributed by atoms with E-state index in [9.17, 15) is 4.79 Å². The summed E-state index contributed by atoms with van der Waals surface area (Å²) in [5.41, 5.74) is 2.80. The van der Waals surface area contributed by atoms with E-state index in [0.29, 0.717) is 13.1 Å². The van der Waals surface area contributed by atoms with Crippen molar-refractivity contribution in [2.75, 3.05) is 31.1 Å². The maximum Gasteiger partial charge on any atom is 0.254 e. The predicted molar refractivity (Wildman–Crippen MR) is 108 cm³/mol.